The van der Waals surface area contributed by atoms with Crippen molar-refractivity contribution in [2.45, 2.75) is 26.3 Å². The van der Waals surface area contributed by atoms with E-state index in [1.807, 2.05) is 30.3 Å². The van der Waals surface area contributed by atoms with E-state index in [-0.39, 0.29) is 11.9 Å². The number of rotatable bonds is 4. The Kier molecular flexibility index (Phi) is 4.98. The fraction of sp³-hybridized carbons (Fsp3) is 0.235. The van der Waals surface area contributed by atoms with Crippen LogP contribution < -0.4 is 5.32 Å². The quantitative estimate of drug-likeness (QED) is 0.811. The molecule has 108 valence electrons. The van der Waals surface area contributed by atoms with E-state index < -0.39 is 0 Å². The van der Waals surface area contributed by atoms with Crippen molar-refractivity contribution in [1.29, 1.82) is 5.26 Å². The third kappa shape index (κ3) is 3.62. The van der Waals surface area contributed by atoms with Crippen LogP contribution >= 0.6 is 15.9 Å². The number of halogens is 2. The lowest BCUT2D eigenvalue weighted by Crippen LogP contribution is -2.11. The van der Waals surface area contributed by atoms with Gasteiger partial charge >= 0.3 is 0 Å². The van der Waals surface area contributed by atoms with Crippen molar-refractivity contribution < 1.29 is 4.39 Å². The highest BCUT2D eigenvalue weighted by atomic mass is 79.9. The predicted molar refractivity (Wildman–Crippen MR) is 86.6 cm³/mol. The van der Waals surface area contributed by atoms with Gasteiger partial charge in [0.05, 0.1) is 17.7 Å². The minimum Gasteiger partial charge on any atom is -0.378 e. The predicted octanol–water partition coefficient (Wildman–Crippen LogP) is 5.33. The Morgan fingerprint density at radius 3 is 2.71 bits per heavy atom. The lowest BCUT2D eigenvalue weighted by atomic mass is 10.0. The lowest BCUT2D eigenvalue weighted by molar-refractivity contribution is 0.617. The fourth-order valence-corrected chi connectivity index (χ4v) is 2.64. The molecule has 0 amide bonds. The topological polar surface area (TPSA) is 35.8 Å². The zero-order valence-corrected chi connectivity index (χ0v) is 13.5. The first-order valence-corrected chi connectivity index (χ1v) is 7.56. The molecule has 1 atom stereocenters. The van der Waals surface area contributed by atoms with E-state index in [1.165, 1.54) is 6.07 Å². The summed E-state index contributed by atoms with van der Waals surface area (Å²) < 4.78 is 14.9. The first-order chi connectivity index (χ1) is 10.0. The molecule has 21 heavy (non-hydrogen) atoms. The zero-order valence-electron chi connectivity index (χ0n) is 12.0. The average molecular weight is 347 g/mol. The summed E-state index contributed by atoms with van der Waals surface area (Å²) in [6.45, 7) is 3.78. The van der Waals surface area contributed by atoms with Gasteiger partial charge in [-0.05, 0) is 43.2 Å². The van der Waals surface area contributed by atoms with E-state index in [1.54, 1.807) is 13.0 Å². The molecule has 0 aromatic heterocycles. The largest absolute Gasteiger partial charge is 0.378 e. The molecule has 1 N–H and O–H groups in total. The molecule has 0 aliphatic heterocycles. The van der Waals surface area contributed by atoms with Crippen molar-refractivity contribution in [1.82, 2.24) is 0 Å². The molecule has 0 aliphatic carbocycles. The van der Waals surface area contributed by atoms with E-state index in [2.05, 4.69) is 28.2 Å². The molecule has 2 rings (SSSR count). The number of nitrogens with zero attached hydrogens (tertiary/aromatic N) is 1. The molecule has 0 heterocycles. The van der Waals surface area contributed by atoms with Gasteiger partial charge in [0.2, 0.25) is 0 Å². The summed E-state index contributed by atoms with van der Waals surface area (Å²) in [4.78, 5) is 0. The van der Waals surface area contributed by atoms with Crippen molar-refractivity contribution in [3.05, 3.63) is 63.4 Å². The molecule has 2 nitrogen and oxygen atoms in total. The van der Waals surface area contributed by atoms with Crippen LogP contribution in [0.5, 0.6) is 0 Å². The second kappa shape index (κ2) is 6.73. The highest BCUT2D eigenvalue weighted by molar-refractivity contribution is 9.10. The number of hydrogen-bond acceptors (Lipinski definition) is 2. The van der Waals surface area contributed by atoms with Gasteiger partial charge in [-0.1, -0.05) is 35.0 Å². The minimum atomic E-state index is -0.361. The van der Waals surface area contributed by atoms with E-state index in [4.69, 9.17) is 5.26 Å². The van der Waals surface area contributed by atoms with E-state index in [0.717, 1.165) is 16.5 Å². The number of nitrogens with one attached hydrogen (secondary N) is 1. The highest BCUT2D eigenvalue weighted by Crippen LogP contribution is 2.28. The number of nitriles is 1. The van der Waals surface area contributed by atoms with E-state index in [9.17, 15) is 4.39 Å². The van der Waals surface area contributed by atoms with Crippen LogP contribution in [-0.2, 0) is 0 Å². The van der Waals surface area contributed by atoms with E-state index in [0.29, 0.717) is 16.8 Å². The molecule has 0 fully saturated rings. The molecule has 0 radical (unpaired) electrons. The van der Waals surface area contributed by atoms with Gasteiger partial charge < -0.3 is 5.32 Å². The van der Waals surface area contributed by atoms with Crippen LogP contribution in [0.2, 0.25) is 0 Å². The van der Waals surface area contributed by atoms with Gasteiger partial charge in [0.15, 0.2) is 0 Å². The SMILES string of the molecule is CCC(Nc1cc(C#N)cc(F)c1C)c1cccc(Br)c1. The van der Waals surface area contributed by atoms with Crippen molar-refractivity contribution >= 4 is 21.6 Å². The molecule has 0 aliphatic rings. The molecule has 0 bridgehead atoms. The summed E-state index contributed by atoms with van der Waals surface area (Å²) in [6.07, 6.45) is 0.855. The Labute approximate surface area is 132 Å². The molecule has 0 spiro atoms. The van der Waals surface area contributed by atoms with Gasteiger partial charge in [-0.25, -0.2) is 4.39 Å². The summed E-state index contributed by atoms with van der Waals surface area (Å²) in [6, 6.07) is 13.0. The Hall–Kier alpha value is -1.86. The van der Waals surface area contributed by atoms with Crippen LogP contribution in [0.4, 0.5) is 10.1 Å². The molecule has 0 saturated heterocycles. The molecular formula is C17H16BrFN2. The van der Waals surface area contributed by atoms with Gasteiger partial charge in [0.25, 0.3) is 0 Å². The van der Waals surface area contributed by atoms with Crippen LogP contribution in [0.3, 0.4) is 0 Å². The maximum Gasteiger partial charge on any atom is 0.129 e. The molecule has 2 aromatic carbocycles. The van der Waals surface area contributed by atoms with Gasteiger partial charge in [-0.2, -0.15) is 5.26 Å². The van der Waals surface area contributed by atoms with E-state index >= 15 is 0 Å². The highest BCUT2D eigenvalue weighted by Gasteiger charge is 2.13. The summed E-state index contributed by atoms with van der Waals surface area (Å²) in [5.41, 5.74) is 2.64. The maximum absolute atomic E-state index is 13.8. The minimum absolute atomic E-state index is 0.0644. The lowest BCUT2D eigenvalue weighted by Gasteiger charge is -2.21. The van der Waals surface area contributed by atoms with Crippen LogP contribution in [0.25, 0.3) is 0 Å². The normalized spacial score (nSPS) is 11.8. The summed E-state index contributed by atoms with van der Waals surface area (Å²) in [5.74, 6) is -0.361. The van der Waals surface area contributed by atoms with Gasteiger partial charge in [0, 0.05) is 15.7 Å². The Balaban J connectivity index is 2.35. The molecule has 1 unspecified atom stereocenters. The molecule has 0 saturated carbocycles. The second-order valence-electron chi connectivity index (χ2n) is 4.90. The molecule has 4 heteroatoms. The first-order valence-electron chi connectivity index (χ1n) is 6.77. The summed E-state index contributed by atoms with van der Waals surface area (Å²) in [7, 11) is 0. The standard InChI is InChI=1S/C17H16BrFN2/c1-3-16(13-5-4-6-14(18)9-13)21-17-8-12(10-20)7-15(19)11(17)2/h4-9,16,21H,3H2,1-2H3. The van der Waals surface area contributed by atoms with Crippen LogP contribution in [-0.4, -0.2) is 0 Å². The van der Waals surface area contributed by atoms with Crippen molar-refractivity contribution in [2.75, 3.05) is 5.32 Å². The van der Waals surface area contributed by atoms with Crippen molar-refractivity contribution in [2.24, 2.45) is 0 Å². The van der Waals surface area contributed by atoms with Crippen LogP contribution in [0.15, 0.2) is 40.9 Å². The fourth-order valence-electron chi connectivity index (χ4n) is 2.23. The smallest absolute Gasteiger partial charge is 0.129 e. The second-order valence-corrected chi connectivity index (χ2v) is 5.82. The maximum atomic E-state index is 13.8. The third-order valence-corrected chi connectivity index (χ3v) is 3.96. The van der Waals surface area contributed by atoms with Crippen LogP contribution in [0, 0.1) is 24.1 Å². The van der Waals surface area contributed by atoms with Crippen LogP contribution in [0.1, 0.15) is 36.1 Å². The number of benzene rings is 2. The Morgan fingerprint density at radius 2 is 2.10 bits per heavy atom. The molecular weight excluding hydrogens is 331 g/mol. The Bertz CT molecular complexity index is 692. The average Bonchev–Trinajstić information content (AvgIpc) is 2.48. The summed E-state index contributed by atoms with van der Waals surface area (Å²) in [5, 5.41) is 12.3. The number of anilines is 1. The summed E-state index contributed by atoms with van der Waals surface area (Å²) >= 11 is 3.46. The monoisotopic (exact) mass is 346 g/mol. The molecule has 2 aromatic rings. The van der Waals surface area contributed by atoms with Crippen molar-refractivity contribution in [3.63, 3.8) is 0 Å². The zero-order chi connectivity index (χ0) is 15.4. The van der Waals surface area contributed by atoms with Gasteiger partial charge in [-0.3, -0.25) is 0 Å². The van der Waals surface area contributed by atoms with Gasteiger partial charge in [-0.15, -0.1) is 0 Å². The first kappa shape index (κ1) is 15.5. The van der Waals surface area contributed by atoms with Crippen molar-refractivity contribution in [3.8, 4) is 6.07 Å². The number of hydrogen-bond donors (Lipinski definition) is 1. The Morgan fingerprint density at radius 1 is 1.33 bits per heavy atom. The third-order valence-electron chi connectivity index (χ3n) is 3.46. The van der Waals surface area contributed by atoms with Gasteiger partial charge in [0.1, 0.15) is 5.82 Å².